The van der Waals surface area contributed by atoms with E-state index >= 15 is 0 Å². The van der Waals surface area contributed by atoms with E-state index in [1.807, 2.05) is 4.72 Å². The Bertz CT molecular complexity index is 1220. The molecule has 1 aromatic heterocycles. The van der Waals surface area contributed by atoms with E-state index < -0.39 is 38.7 Å². The monoisotopic (exact) mass is 524 g/mol. The summed E-state index contributed by atoms with van der Waals surface area (Å²) in [5, 5.41) is 3.15. The van der Waals surface area contributed by atoms with E-state index in [4.69, 9.17) is 14.2 Å². The molecule has 0 spiro atoms. The normalized spacial score (nSPS) is 17.9. The number of benzene rings is 1. The first-order chi connectivity index (χ1) is 17.0. The van der Waals surface area contributed by atoms with Crippen molar-refractivity contribution in [2.75, 3.05) is 13.1 Å². The number of carbonyl (C=O) groups is 2. The van der Waals surface area contributed by atoms with Crippen molar-refractivity contribution in [2.45, 2.75) is 57.6 Å². The van der Waals surface area contributed by atoms with Crippen LogP contribution in [0.25, 0.3) is 0 Å². The first-order valence-corrected chi connectivity index (χ1v) is 12.9. The van der Waals surface area contributed by atoms with Crippen molar-refractivity contribution in [3.63, 3.8) is 0 Å². The predicted molar refractivity (Wildman–Crippen MR) is 125 cm³/mol. The second-order valence-electron chi connectivity index (χ2n) is 8.43. The van der Waals surface area contributed by atoms with Gasteiger partial charge in [0, 0.05) is 13.0 Å². The van der Waals surface area contributed by atoms with Crippen molar-refractivity contribution in [3.8, 4) is 17.5 Å². The first-order valence-electron chi connectivity index (χ1n) is 11.4. The molecule has 2 unspecified atom stereocenters. The van der Waals surface area contributed by atoms with Gasteiger partial charge in [-0.3, -0.25) is 9.59 Å². The van der Waals surface area contributed by atoms with E-state index in [1.165, 1.54) is 13.3 Å². The van der Waals surface area contributed by atoms with Crippen molar-refractivity contribution < 1.29 is 36.6 Å². The lowest BCUT2D eigenvalue weighted by Gasteiger charge is -2.31. The quantitative estimate of drug-likeness (QED) is 0.468. The number of esters is 1. The van der Waals surface area contributed by atoms with E-state index in [-0.39, 0.29) is 36.0 Å². The van der Waals surface area contributed by atoms with Crippen LogP contribution in [0.4, 0.5) is 4.39 Å². The minimum absolute atomic E-state index is 0.0102. The van der Waals surface area contributed by atoms with Crippen LogP contribution < -0.4 is 19.5 Å². The third kappa shape index (κ3) is 6.66. The number of ether oxygens (including phenoxy) is 3. The van der Waals surface area contributed by atoms with Crippen molar-refractivity contribution >= 4 is 21.9 Å². The van der Waals surface area contributed by atoms with Crippen LogP contribution in [0, 0.1) is 18.7 Å². The molecule has 0 radical (unpaired) electrons. The molecule has 0 aliphatic carbocycles. The lowest BCUT2D eigenvalue weighted by atomic mass is 9.96. The molecule has 2 heterocycles. The fraction of sp³-hybridized carbons (Fsp3) is 0.478. The van der Waals surface area contributed by atoms with Gasteiger partial charge in [-0.15, -0.1) is 0 Å². The molecule has 196 valence electrons. The second kappa shape index (κ2) is 11.6. The Hall–Kier alpha value is -3.32. The van der Waals surface area contributed by atoms with Crippen molar-refractivity contribution in [2.24, 2.45) is 5.92 Å². The molecule has 1 aromatic carbocycles. The van der Waals surface area contributed by atoms with Crippen LogP contribution in [-0.2, 0) is 24.3 Å². The highest BCUT2D eigenvalue weighted by atomic mass is 32.2. The number of rotatable bonds is 9. The lowest BCUT2D eigenvalue weighted by molar-refractivity contribution is -0.156. The molecule has 13 heteroatoms. The maximum Gasteiger partial charge on any atom is 0.314 e. The van der Waals surface area contributed by atoms with Crippen molar-refractivity contribution in [1.82, 2.24) is 20.0 Å². The summed E-state index contributed by atoms with van der Waals surface area (Å²) in [5.74, 6) is -2.74. The highest BCUT2D eigenvalue weighted by Gasteiger charge is 2.35. The molecule has 1 aliphatic rings. The van der Waals surface area contributed by atoms with Crippen LogP contribution in [0.5, 0.6) is 17.5 Å². The zero-order valence-electron chi connectivity index (χ0n) is 20.4. The maximum atomic E-state index is 14.7. The van der Waals surface area contributed by atoms with Gasteiger partial charge in [-0.2, -0.15) is 0 Å². The molecule has 2 aromatic rings. The molecule has 1 saturated heterocycles. The third-order valence-corrected chi connectivity index (χ3v) is 6.69. The smallest absolute Gasteiger partial charge is 0.314 e. The summed E-state index contributed by atoms with van der Waals surface area (Å²) in [5.41, 5.74) is 0.360. The number of aromatic nitrogens is 2. The Kier molecular flexibility index (Phi) is 8.79. The van der Waals surface area contributed by atoms with Gasteiger partial charge in [-0.1, -0.05) is 6.92 Å². The zero-order chi connectivity index (χ0) is 26.5. The summed E-state index contributed by atoms with van der Waals surface area (Å²) < 4.78 is 58.0. The Morgan fingerprint density at radius 1 is 1.25 bits per heavy atom. The molecular formula is C23H29FN4O7S. The molecule has 3 rings (SSSR count). The van der Waals surface area contributed by atoms with Crippen LogP contribution in [0.15, 0.2) is 29.4 Å². The summed E-state index contributed by atoms with van der Waals surface area (Å²) in [4.78, 5) is 31.7. The Morgan fingerprint density at radius 2 is 1.97 bits per heavy atom. The van der Waals surface area contributed by atoms with Gasteiger partial charge in [0.25, 0.3) is 10.0 Å². The molecule has 0 saturated carbocycles. The molecule has 1 amide bonds. The Morgan fingerprint density at radius 3 is 2.64 bits per heavy atom. The molecule has 1 aliphatic heterocycles. The highest BCUT2D eigenvalue weighted by Crippen LogP contribution is 2.31. The van der Waals surface area contributed by atoms with Crippen molar-refractivity contribution in [3.05, 3.63) is 35.9 Å². The zero-order valence-corrected chi connectivity index (χ0v) is 21.2. The second-order valence-corrected chi connectivity index (χ2v) is 10.1. The molecule has 0 bridgehead atoms. The molecule has 36 heavy (non-hydrogen) atoms. The summed E-state index contributed by atoms with van der Waals surface area (Å²) in [6.07, 6.45) is 0.907. The van der Waals surface area contributed by atoms with E-state index in [0.717, 1.165) is 18.2 Å². The topological polar surface area (TPSA) is 146 Å². The first kappa shape index (κ1) is 27.3. The molecule has 2 atom stereocenters. The predicted octanol–water partition coefficient (Wildman–Crippen LogP) is 2.24. The summed E-state index contributed by atoms with van der Waals surface area (Å²) in [7, 11) is -4.22. The van der Waals surface area contributed by atoms with Crippen LogP contribution in [0.2, 0.25) is 0 Å². The number of carbonyl (C=O) groups excluding carboxylic acids is 2. The van der Waals surface area contributed by atoms with Gasteiger partial charge in [0.2, 0.25) is 17.7 Å². The third-order valence-electron chi connectivity index (χ3n) is 5.32. The van der Waals surface area contributed by atoms with E-state index in [9.17, 15) is 22.4 Å². The van der Waals surface area contributed by atoms with Gasteiger partial charge in [0.05, 0.1) is 16.6 Å². The Labute approximate surface area is 208 Å². The average Bonchev–Trinajstić information content (AvgIpc) is 2.82. The number of sulfonamides is 1. The number of nitrogens with one attached hydrogen (secondary N) is 2. The summed E-state index contributed by atoms with van der Waals surface area (Å²) in [6, 6.07) is 2.97. The molecule has 1 fully saturated rings. The number of hydrogen-bond donors (Lipinski definition) is 2. The van der Waals surface area contributed by atoms with Crippen LogP contribution in [0.3, 0.4) is 0 Å². The minimum atomic E-state index is -4.22. The van der Waals surface area contributed by atoms with Crippen LogP contribution in [-0.4, -0.2) is 55.6 Å². The number of nitrogens with zero attached hydrogens (tertiary/aromatic N) is 2. The van der Waals surface area contributed by atoms with Gasteiger partial charge in [-0.05, 0) is 51.9 Å². The van der Waals surface area contributed by atoms with E-state index in [1.54, 1.807) is 20.8 Å². The highest BCUT2D eigenvalue weighted by molar-refractivity contribution is 7.90. The Balaban J connectivity index is 1.78. The van der Waals surface area contributed by atoms with Gasteiger partial charge >= 0.3 is 5.97 Å². The maximum absolute atomic E-state index is 14.7. The van der Waals surface area contributed by atoms with Gasteiger partial charge < -0.3 is 19.5 Å². The largest absolute Gasteiger partial charge is 0.473 e. The van der Waals surface area contributed by atoms with Crippen molar-refractivity contribution in [1.29, 1.82) is 0 Å². The summed E-state index contributed by atoms with van der Waals surface area (Å²) >= 11 is 0. The standard InChI is InChI=1S/C23H29FN4O7S/c1-5-20(29)28-36(31,32)15-6-7-19(17(24)10-15)35-22-14(4)21(26-12-27-22)34-18-8-9-25-11-16(18)23(30)33-13(2)3/h6-7,10,12-13,16,18,25H,5,8-9,11H2,1-4H3,(H,28,29). The molecule has 11 nitrogen and oxygen atoms in total. The number of amides is 1. The summed E-state index contributed by atoms with van der Waals surface area (Å²) in [6.45, 7) is 7.68. The minimum Gasteiger partial charge on any atom is -0.473 e. The van der Waals surface area contributed by atoms with Crippen LogP contribution >= 0.6 is 0 Å². The molecule has 2 N–H and O–H groups in total. The fourth-order valence-corrected chi connectivity index (χ4v) is 4.50. The number of piperidine rings is 1. The molecular weight excluding hydrogens is 495 g/mol. The lowest BCUT2D eigenvalue weighted by Crippen LogP contribution is -2.47. The average molecular weight is 525 g/mol. The van der Waals surface area contributed by atoms with E-state index in [0.29, 0.717) is 25.1 Å². The van der Waals surface area contributed by atoms with Gasteiger partial charge in [-0.25, -0.2) is 27.5 Å². The van der Waals surface area contributed by atoms with E-state index in [2.05, 4.69) is 15.3 Å². The van der Waals surface area contributed by atoms with Gasteiger partial charge in [0.15, 0.2) is 11.6 Å². The fourth-order valence-electron chi connectivity index (χ4n) is 3.43. The number of hydrogen-bond acceptors (Lipinski definition) is 10. The number of halogens is 1. The SMILES string of the molecule is CCC(=O)NS(=O)(=O)c1ccc(Oc2ncnc(OC3CCNCC3C(=O)OC(C)C)c2C)c(F)c1. The van der Waals surface area contributed by atoms with Gasteiger partial charge in [0.1, 0.15) is 18.3 Å². The van der Waals surface area contributed by atoms with Crippen LogP contribution in [0.1, 0.15) is 39.2 Å².